The van der Waals surface area contributed by atoms with Crippen LogP contribution >= 0.6 is 15.9 Å². The van der Waals surface area contributed by atoms with Gasteiger partial charge in [0.05, 0.1) is 11.0 Å². The first-order chi connectivity index (χ1) is 10.2. The first-order valence-corrected chi connectivity index (χ1v) is 8.49. The maximum atomic E-state index is 6.19. The van der Waals surface area contributed by atoms with Gasteiger partial charge in [-0.2, -0.15) is 0 Å². The van der Waals surface area contributed by atoms with E-state index in [0.29, 0.717) is 12.6 Å². The van der Waals surface area contributed by atoms with Crippen molar-refractivity contribution in [3.63, 3.8) is 0 Å². The SMILES string of the molecule is NCC1(c2nc3cc(Br)ccc3n2C2CC2)CCOCC1. The summed E-state index contributed by atoms with van der Waals surface area (Å²) in [5.74, 6) is 1.18. The molecule has 0 amide bonds. The highest BCUT2D eigenvalue weighted by Gasteiger charge is 2.40. The van der Waals surface area contributed by atoms with Crippen LogP contribution in [0, 0.1) is 0 Å². The molecule has 2 aliphatic rings. The number of rotatable bonds is 3. The van der Waals surface area contributed by atoms with E-state index in [4.69, 9.17) is 15.5 Å². The number of fused-ring (bicyclic) bond motifs is 1. The average molecular weight is 350 g/mol. The van der Waals surface area contributed by atoms with Crippen LogP contribution in [0.5, 0.6) is 0 Å². The minimum Gasteiger partial charge on any atom is -0.381 e. The molecule has 21 heavy (non-hydrogen) atoms. The normalized spacial score (nSPS) is 21.8. The van der Waals surface area contributed by atoms with Crippen LogP contribution in [-0.2, 0) is 10.2 Å². The largest absolute Gasteiger partial charge is 0.381 e. The zero-order valence-electron chi connectivity index (χ0n) is 12.0. The van der Waals surface area contributed by atoms with Gasteiger partial charge in [-0.3, -0.25) is 0 Å². The minimum absolute atomic E-state index is 0.0215. The monoisotopic (exact) mass is 349 g/mol. The molecule has 0 radical (unpaired) electrons. The number of hydrogen-bond donors (Lipinski definition) is 1. The van der Waals surface area contributed by atoms with E-state index in [1.807, 2.05) is 0 Å². The van der Waals surface area contributed by atoms with Crippen molar-refractivity contribution in [3.8, 4) is 0 Å². The lowest BCUT2D eigenvalue weighted by Gasteiger charge is -2.36. The highest BCUT2D eigenvalue weighted by Crippen LogP contribution is 2.44. The topological polar surface area (TPSA) is 53.1 Å². The number of imidazole rings is 1. The molecule has 4 nitrogen and oxygen atoms in total. The highest BCUT2D eigenvalue weighted by atomic mass is 79.9. The molecule has 2 aromatic rings. The second kappa shape index (κ2) is 5.07. The summed E-state index contributed by atoms with van der Waals surface area (Å²) in [5, 5.41) is 0. The summed E-state index contributed by atoms with van der Waals surface area (Å²) in [7, 11) is 0. The van der Waals surface area contributed by atoms with Gasteiger partial charge >= 0.3 is 0 Å². The van der Waals surface area contributed by atoms with Crippen LogP contribution in [0.15, 0.2) is 22.7 Å². The van der Waals surface area contributed by atoms with E-state index in [0.717, 1.165) is 36.0 Å². The second-order valence-electron chi connectivity index (χ2n) is 6.27. The molecule has 2 heterocycles. The summed E-state index contributed by atoms with van der Waals surface area (Å²) in [5.41, 5.74) is 8.49. The molecule has 1 aliphatic carbocycles. The lowest BCUT2D eigenvalue weighted by Crippen LogP contribution is -2.42. The Labute approximate surface area is 132 Å². The fourth-order valence-corrected chi connectivity index (χ4v) is 3.78. The number of hydrogen-bond acceptors (Lipinski definition) is 3. The molecule has 2 fully saturated rings. The van der Waals surface area contributed by atoms with Crippen LogP contribution in [0.25, 0.3) is 11.0 Å². The van der Waals surface area contributed by atoms with E-state index in [1.165, 1.54) is 24.2 Å². The van der Waals surface area contributed by atoms with Crippen molar-refractivity contribution in [3.05, 3.63) is 28.5 Å². The summed E-state index contributed by atoms with van der Waals surface area (Å²) >= 11 is 3.55. The lowest BCUT2D eigenvalue weighted by molar-refractivity contribution is 0.0488. The summed E-state index contributed by atoms with van der Waals surface area (Å²) in [6, 6.07) is 7.00. The van der Waals surface area contributed by atoms with E-state index in [2.05, 4.69) is 38.7 Å². The van der Waals surface area contributed by atoms with Crippen LogP contribution in [0.1, 0.15) is 37.5 Å². The third-order valence-corrected chi connectivity index (χ3v) is 5.37. The Kier molecular flexibility index (Phi) is 3.32. The molecule has 1 saturated heterocycles. The van der Waals surface area contributed by atoms with Gasteiger partial charge < -0.3 is 15.0 Å². The van der Waals surface area contributed by atoms with E-state index in [-0.39, 0.29) is 5.41 Å². The summed E-state index contributed by atoms with van der Waals surface area (Å²) in [6.45, 7) is 2.22. The number of aromatic nitrogens is 2. The summed E-state index contributed by atoms with van der Waals surface area (Å²) in [6.07, 6.45) is 4.46. The van der Waals surface area contributed by atoms with Gasteiger partial charge in [0.1, 0.15) is 5.82 Å². The first-order valence-electron chi connectivity index (χ1n) is 7.69. The first kappa shape index (κ1) is 13.7. The Balaban J connectivity index is 1.92. The molecular weight excluding hydrogens is 330 g/mol. The molecule has 4 rings (SSSR count). The van der Waals surface area contributed by atoms with Crippen molar-refractivity contribution >= 4 is 27.0 Å². The zero-order valence-corrected chi connectivity index (χ0v) is 13.6. The molecule has 0 spiro atoms. The quantitative estimate of drug-likeness (QED) is 0.925. The fraction of sp³-hybridized carbons (Fsp3) is 0.562. The molecule has 1 saturated carbocycles. The Morgan fingerprint density at radius 2 is 2.10 bits per heavy atom. The molecular formula is C16H20BrN3O. The van der Waals surface area contributed by atoms with Crippen molar-refractivity contribution in [1.82, 2.24) is 9.55 Å². The van der Waals surface area contributed by atoms with Crippen LogP contribution < -0.4 is 5.73 Å². The number of nitrogens with two attached hydrogens (primary N) is 1. The maximum absolute atomic E-state index is 6.19. The van der Waals surface area contributed by atoms with Gasteiger partial charge in [-0.25, -0.2) is 4.98 Å². The third-order valence-electron chi connectivity index (χ3n) is 4.88. The Morgan fingerprint density at radius 1 is 1.33 bits per heavy atom. The summed E-state index contributed by atoms with van der Waals surface area (Å²) < 4.78 is 9.09. The van der Waals surface area contributed by atoms with Gasteiger partial charge in [-0.15, -0.1) is 0 Å². The number of nitrogens with zero attached hydrogens (tertiary/aromatic N) is 2. The number of benzene rings is 1. The average Bonchev–Trinajstić information content (AvgIpc) is 3.28. The van der Waals surface area contributed by atoms with Crippen molar-refractivity contribution in [1.29, 1.82) is 0 Å². The molecule has 1 aliphatic heterocycles. The molecule has 112 valence electrons. The predicted octanol–water partition coefficient (Wildman–Crippen LogP) is 3.14. The van der Waals surface area contributed by atoms with E-state index in [9.17, 15) is 0 Å². The molecule has 0 bridgehead atoms. The van der Waals surface area contributed by atoms with Gasteiger partial charge in [-0.1, -0.05) is 15.9 Å². The van der Waals surface area contributed by atoms with Crippen molar-refractivity contribution < 1.29 is 4.74 Å². The molecule has 0 unspecified atom stereocenters. The molecule has 1 aromatic heterocycles. The summed E-state index contributed by atoms with van der Waals surface area (Å²) in [4.78, 5) is 5.00. The number of ether oxygens (including phenoxy) is 1. The Hall–Kier alpha value is -0.910. The van der Waals surface area contributed by atoms with Gasteiger partial charge in [0.25, 0.3) is 0 Å². The molecule has 1 aromatic carbocycles. The van der Waals surface area contributed by atoms with Crippen LogP contribution in [0.2, 0.25) is 0 Å². The maximum Gasteiger partial charge on any atom is 0.117 e. The van der Waals surface area contributed by atoms with E-state index < -0.39 is 0 Å². The van der Waals surface area contributed by atoms with Crippen LogP contribution in [0.4, 0.5) is 0 Å². The zero-order chi connectivity index (χ0) is 14.4. The van der Waals surface area contributed by atoms with E-state index >= 15 is 0 Å². The second-order valence-corrected chi connectivity index (χ2v) is 7.18. The van der Waals surface area contributed by atoms with Gasteiger partial charge in [-0.05, 0) is 43.9 Å². The Morgan fingerprint density at radius 3 is 2.76 bits per heavy atom. The highest BCUT2D eigenvalue weighted by molar-refractivity contribution is 9.10. The molecule has 5 heteroatoms. The van der Waals surface area contributed by atoms with Crippen LogP contribution in [-0.4, -0.2) is 29.3 Å². The van der Waals surface area contributed by atoms with Crippen molar-refractivity contribution in [2.24, 2.45) is 5.73 Å². The standard InChI is InChI=1S/C16H20BrN3O/c17-11-1-4-14-13(9-11)19-15(20(14)12-2-3-12)16(10-18)5-7-21-8-6-16/h1,4,9,12H,2-3,5-8,10,18H2. The minimum atomic E-state index is -0.0215. The van der Waals surface area contributed by atoms with Gasteiger partial charge in [0.15, 0.2) is 0 Å². The smallest absolute Gasteiger partial charge is 0.117 e. The molecule has 0 atom stereocenters. The lowest BCUT2D eigenvalue weighted by atomic mass is 9.79. The predicted molar refractivity (Wildman–Crippen MR) is 86.5 cm³/mol. The van der Waals surface area contributed by atoms with E-state index in [1.54, 1.807) is 0 Å². The fourth-order valence-electron chi connectivity index (χ4n) is 3.43. The van der Waals surface area contributed by atoms with Crippen LogP contribution in [0.3, 0.4) is 0 Å². The number of halogens is 1. The van der Waals surface area contributed by atoms with Crippen molar-refractivity contribution in [2.45, 2.75) is 37.1 Å². The molecule has 2 N–H and O–H groups in total. The van der Waals surface area contributed by atoms with Crippen molar-refractivity contribution in [2.75, 3.05) is 19.8 Å². The Bertz CT molecular complexity index is 671. The van der Waals surface area contributed by atoms with Gasteiger partial charge in [0.2, 0.25) is 0 Å². The third kappa shape index (κ3) is 2.22. The van der Waals surface area contributed by atoms with Gasteiger partial charge in [0, 0.05) is 35.7 Å².